The van der Waals surface area contributed by atoms with Crippen molar-refractivity contribution in [1.82, 2.24) is 15.5 Å². The summed E-state index contributed by atoms with van der Waals surface area (Å²) in [6.45, 7) is 5.73. The maximum atomic E-state index is 12.2. The lowest BCUT2D eigenvalue weighted by molar-refractivity contribution is -0.133. The highest BCUT2D eigenvalue weighted by Gasteiger charge is 2.35. The van der Waals surface area contributed by atoms with Gasteiger partial charge < -0.3 is 21.3 Å². The molecule has 0 aliphatic carbocycles. The van der Waals surface area contributed by atoms with E-state index in [4.69, 9.17) is 17.3 Å². The quantitative estimate of drug-likeness (QED) is 0.738. The molecule has 0 radical (unpaired) electrons. The minimum atomic E-state index is -0.369. The number of benzene rings is 1. The van der Waals surface area contributed by atoms with Gasteiger partial charge in [-0.05, 0) is 29.5 Å². The lowest BCUT2D eigenvalue weighted by atomic mass is 9.80. The second-order valence-corrected chi connectivity index (χ2v) is 7.30. The van der Waals surface area contributed by atoms with Crippen molar-refractivity contribution in [3.05, 3.63) is 34.9 Å². The number of halogens is 2. The fraction of sp³-hybridized carbons (Fsp3) is 0.529. The van der Waals surface area contributed by atoms with Crippen LogP contribution in [-0.2, 0) is 11.3 Å². The van der Waals surface area contributed by atoms with Gasteiger partial charge >= 0.3 is 6.03 Å². The molecule has 0 aromatic heterocycles. The fourth-order valence-corrected chi connectivity index (χ4v) is 2.83. The molecule has 2 rings (SSSR count). The predicted octanol–water partition coefficient (Wildman–Crippen LogP) is 2.15. The number of carbonyl (C=O) groups excluding carboxylic acids is 2. The fourth-order valence-electron chi connectivity index (χ4n) is 2.70. The van der Waals surface area contributed by atoms with Gasteiger partial charge in [-0.25, -0.2) is 4.79 Å². The summed E-state index contributed by atoms with van der Waals surface area (Å²) >= 11 is 5.81. The molecule has 1 atom stereocenters. The molecule has 1 unspecified atom stereocenters. The normalized spacial score (nSPS) is 18.9. The average Bonchev–Trinajstić information content (AvgIpc) is 2.54. The molecule has 3 amide bonds. The highest BCUT2D eigenvalue weighted by molar-refractivity contribution is 6.30. The molecule has 140 valence electrons. The van der Waals surface area contributed by atoms with Crippen LogP contribution in [0.4, 0.5) is 4.79 Å². The van der Waals surface area contributed by atoms with Crippen molar-refractivity contribution in [2.24, 2.45) is 11.1 Å². The molecule has 0 spiro atoms. The number of amides is 3. The molecule has 1 aliphatic rings. The molecule has 1 saturated heterocycles. The summed E-state index contributed by atoms with van der Waals surface area (Å²) in [5.74, 6) is -0.0865. The van der Waals surface area contributed by atoms with Gasteiger partial charge in [0.2, 0.25) is 5.91 Å². The first-order valence-electron chi connectivity index (χ1n) is 8.07. The molecule has 0 bridgehead atoms. The van der Waals surface area contributed by atoms with E-state index < -0.39 is 0 Å². The van der Waals surface area contributed by atoms with E-state index in [9.17, 15) is 9.59 Å². The number of carbonyl (C=O) groups is 2. The summed E-state index contributed by atoms with van der Waals surface area (Å²) in [5, 5.41) is 5.97. The molecule has 25 heavy (non-hydrogen) atoms. The number of nitrogens with one attached hydrogen (secondary N) is 2. The van der Waals surface area contributed by atoms with E-state index in [1.165, 1.54) is 0 Å². The van der Waals surface area contributed by atoms with Crippen LogP contribution in [0.25, 0.3) is 0 Å². The van der Waals surface area contributed by atoms with Crippen LogP contribution >= 0.6 is 24.0 Å². The summed E-state index contributed by atoms with van der Waals surface area (Å²) in [4.78, 5) is 25.8. The number of piperidine rings is 1. The van der Waals surface area contributed by atoms with Crippen LogP contribution in [0.15, 0.2) is 24.3 Å². The van der Waals surface area contributed by atoms with Crippen molar-refractivity contribution in [1.29, 1.82) is 0 Å². The third kappa shape index (κ3) is 6.38. The van der Waals surface area contributed by atoms with Crippen LogP contribution in [0.1, 0.15) is 25.8 Å². The summed E-state index contributed by atoms with van der Waals surface area (Å²) in [6.07, 6.45) is 0.779. The third-order valence-corrected chi connectivity index (χ3v) is 4.68. The zero-order valence-electron chi connectivity index (χ0n) is 14.5. The van der Waals surface area contributed by atoms with Gasteiger partial charge in [0.05, 0.1) is 6.54 Å². The molecular weight excluding hydrogens is 363 g/mol. The standard InChI is InChI=1S/C17H25ClN4O2.ClH/c1-17(2)11-22(8-7-14(17)19)15(23)10-21-16(24)20-9-12-3-5-13(18)6-4-12;/h3-6,14H,7-11,19H2,1-2H3,(H2,20,21,24);1H. The first kappa shape index (κ1) is 21.5. The Morgan fingerprint density at radius 1 is 1.28 bits per heavy atom. The Hall–Kier alpha value is -1.50. The van der Waals surface area contributed by atoms with Gasteiger partial charge in [-0.1, -0.05) is 37.6 Å². The largest absolute Gasteiger partial charge is 0.341 e. The van der Waals surface area contributed by atoms with E-state index in [1.807, 2.05) is 12.1 Å². The van der Waals surface area contributed by atoms with E-state index >= 15 is 0 Å². The van der Waals surface area contributed by atoms with Crippen LogP contribution in [0.5, 0.6) is 0 Å². The highest BCUT2D eigenvalue weighted by atomic mass is 35.5. The summed E-state index contributed by atoms with van der Waals surface area (Å²) in [5.41, 5.74) is 6.91. The van der Waals surface area contributed by atoms with E-state index in [1.54, 1.807) is 17.0 Å². The molecule has 1 aromatic rings. The zero-order chi connectivity index (χ0) is 17.7. The van der Waals surface area contributed by atoms with Crippen LogP contribution < -0.4 is 16.4 Å². The number of hydrogen-bond donors (Lipinski definition) is 3. The van der Waals surface area contributed by atoms with Gasteiger partial charge in [0.1, 0.15) is 0 Å². The van der Waals surface area contributed by atoms with Crippen molar-refractivity contribution in [2.45, 2.75) is 32.9 Å². The molecule has 4 N–H and O–H groups in total. The van der Waals surface area contributed by atoms with Gasteiger partial charge in [0, 0.05) is 30.7 Å². The van der Waals surface area contributed by atoms with Crippen LogP contribution in [0.2, 0.25) is 5.02 Å². The highest BCUT2D eigenvalue weighted by Crippen LogP contribution is 2.27. The van der Waals surface area contributed by atoms with Gasteiger partial charge in [0.15, 0.2) is 0 Å². The predicted molar refractivity (Wildman–Crippen MR) is 102 cm³/mol. The van der Waals surface area contributed by atoms with Gasteiger partial charge in [-0.3, -0.25) is 4.79 Å². The van der Waals surface area contributed by atoms with Crippen molar-refractivity contribution in [3.63, 3.8) is 0 Å². The minimum Gasteiger partial charge on any atom is -0.341 e. The Morgan fingerprint density at radius 3 is 2.52 bits per heavy atom. The topological polar surface area (TPSA) is 87.5 Å². The average molecular weight is 389 g/mol. The first-order chi connectivity index (χ1) is 11.3. The number of hydrogen-bond acceptors (Lipinski definition) is 3. The van der Waals surface area contributed by atoms with Crippen LogP contribution in [-0.4, -0.2) is 42.5 Å². The Balaban J connectivity index is 0.00000312. The number of likely N-dealkylation sites (tertiary alicyclic amines) is 1. The molecule has 1 aliphatic heterocycles. The van der Waals surface area contributed by atoms with Crippen LogP contribution in [0.3, 0.4) is 0 Å². The van der Waals surface area contributed by atoms with E-state index in [2.05, 4.69) is 24.5 Å². The van der Waals surface area contributed by atoms with Crippen molar-refractivity contribution in [2.75, 3.05) is 19.6 Å². The van der Waals surface area contributed by atoms with Crippen molar-refractivity contribution < 1.29 is 9.59 Å². The van der Waals surface area contributed by atoms with Gasteiger partial charge in [-0.15, -0.1) is 12.4 Å². The summed E-state index contributed by atoms with van der Waals surface area (Å²) in [6, 6.07) is 6.94. The summed E-state index contributed by atoms with van der Waals surface area (Å²) < 4.78 is 0. The molecule has 0 saturated carbocycles. The van der Waals surface area contributed by atoms with Gasteiger partial charge in [0.25, 0.3) is 0 Å². The Morgan fingerprint density at radius 2 is 1.92 bits per heavy atom. The zero-order valence-corrected chi connectivity index (χ0v) is 16.1. The SMILES string of the molecule is CC1(C)CN(C(=O)CNC(=O)NCc2ccc(Cl)cc2)CCC1N.Cl. The minimum absolute atomic E-state index is 0. The Kier molecular flexibility index (Phi) is 7.99. The smallest absolute Gasteiger partial charge is 0.315 e. The number of rotatable bonds is 4. The second kappa shape index (κ2) is 9.27. The second-order valence-electron chi connectivity index (χ2n) is 6.86. The monoisotopic (exact) mass is 388 g/mol. The molecule has 1 fully saturated rings. The Labute approximate surface area is 159 Å². The first-order valence-corrected chi connectivity index (χ1v) is 8.45. The lowest BCUT2D eigenvalue weighted by Crippen LogP contribution is -2.55. The van der Waals surface area contributed by atoms with E-state index in [0.717, 1.165) is 12.0 Å². The van der Waals surface area contributed by atoms with Gasteiger partial charge in [-0.2, -0.15) is 0 Å². The maximum absolute atomic E-state index is 12.2. The summed E-state index contributed by atoms with van der Waals surface area (Å²) in [7, 11) is 0. The van der Waals surface area contributed by atoms with Crippen molar-refractivity contribution in [3.8, 4) is 0 Å². The molecule has 6 nitrogen and oxygen atoms in total. The molecule has 1 aromatic carbocycles. The van der Waals surface area contributed by atoms with E-state index in [-0.39, 0.29) is 42.3 Å². The molecule has 8 heteroatoms. The van der Waals surface area contributed by atoms with Crippen LogP contribution in [0, 0.1) is 5.41 Å². The Bertz CT molecular complexity index is 593. The number of nitrogens with zero attached hydrogens (tertiary/aromatic N) is 1. The third-order valence-electron chi connectivity index (χ3n) is 4.43. The van der Waals surface area contributed by atoms with Crippen molar-refractivity contribution >= 4 is 35.9 Å². The molecule has 1 heterocycles. The number of urea groups is 1. The lowest BCUT2D eigenvalue weighted by Gasteiger charge is -2.42. The molecular formula is C17H26Cl2N4O2. The van der Waals surface area contributed by atoms with E-state index in [0.29, 0.717) is 24.7 Å². The maximum Gasteiger partial charge on any atom is 0.315 e. The number of nitrogens with two attached hydrogens (primary N) is 1.